The van der Waals surface area contributed by atoms with Crippen molar-refractivity contribution in [3.05, 3.63) is 0 Å². The molecule has 0 saturated carbocycles. The summed E-state index contributed by atoms with van der Waals surface area (Å²) in [6.07, 6.45) is 3.29. The van der Waals surface area contributed by atoms with Crippen molar-refractivity contribution < 1.29 is 19.5 Å². The number of nitrogens with zero attached hydrogens (tertiary/aromatic N) is 2. The summed E-state index contributed by atoms with van der Waals surface area (Å²) < 4.78 is 0. The smallest absolute Gasteiger partial charge is 0.320 e. The van der Waals surface area contributed by atoms with Crippen molar-refractivity contribution in [2.24, 2.45) is 5.92 Å². The standard InChI is InChI=1S/C14H23N3O4/c1-15-13(20)11-5-3-7-17(11)14(21)16-6-2-4-10(9-16)8-12(18)19/h10-11H,2-9H2,1H3,(H,15,20)(H,18,19). The number of carbonyl (C=O) groups is 3. The number of carboxylic acids is 1. The van der Waals surface area contributed by atoms with E-state index in [1.165, 1.54) is 0 Å². The largest absolute Gasteiger partial charge is 0.481 e. The van der Waals surface area contributed by atoms with Crippen molar-refractivity contribution in [2.45, 2.75) is 38.1 Å². The minimum absolute atomic E-state index is 0.0151. The Hall–Kier alpha value is -1.79. The van der Waals surface area contributed by atoms with Gasteiger partial charge in [-0.15, -0.1) is 0 Å². The van der Waals surface area contributed by atoms with Gasteiger partial charge in [0.05, 0.1) is 0 Å². The van der Waals surface area contributed by atoms with Gasteiger partial charge >= 0.3 is 12.0 Å². The van der Waals surface area contributed by atoms with Crippen LogP contribution in [0.3, 0.4) is 0 Å². The lowest BCUT2D eigenvalue weighted by molar-refractivity contribution is -0.138. The molecule has 0 spiro atoms. The number of amides is 3. The minimum Gasteiger partial charge on any atom is -0.481 e. The first kappa shape index (κ1) is 15.6. The molecule has 0 aromatic carbocycles. The number of rotatable bonds is 3. The summed E-state index contributed by atoms with van der Waals surface area (Å²) in [5.74, 6) is -0.931. The van der Waals surface area contributed by atoms with Crippen LogP contribution in [0.5, 0.6) is 0 Å². The van der Waals surface area contributed by atoms with E-state index in [2.05, 4.69) is 5.32 Å². The Morgan fingerprint density at radius 3 is 2.57 bits per heavy atom. The highest BCUT2D eigenvalue weighted by molar-refractivity contribution is 5.87. The second-order valence-corrected chi connectivity index (χ2v) is 5.80. The van der Waals surface area contributed by atoms with Crippen molar-refractivity contribution in [1.29, 1.82) is 0 Å². The summed E-state index contributed by atoms with van der Waals surface area (Å²) in [4.78, 5) is 38.6. The van der Waals surface area contributed by atoms with Gasteiger partial charge in [0.15, 0.2) is 0 Å². The summed E-state index contributed by atoms with van der Waals surface area (Å²) in [6.45, 7) is 1.71. The van der Waals surface area contributed by atoms with E-state index < -0.39 is 5.97 Å². The van der Waals surface area contributed by atoms with Gasteiger partial charge in [0.2, 0.25) is 5.91 Å². The van der Waals surface area contributed by atoms with Gasteiger partial charge in [0, 0.05) is 33.1 Å². The van der Waals surface area contributed by atoms with Crippen LogP contribution in [0.2, 0.25) is 0 Å². The number of carboxylic acid groups (broad SMARTS) is 1. The molecule has 2 aliphatic rings. The molecule has 0 aliphatic carbocycles. The molecule has 0 bridgehead atoms. The van der Waals surface area contributed by atoms with Gasteiger partial charge < -0.3 is 20.2 Å². The van der Waals surface area contributed by atoms with Crippen molar-refractivity contribution >= 4 is 17.9 Å². The van der Waals surface area contributed by atoms with E-state index in [4.69, 9.17) is 5.11 Å². The highest BCUT2D eigenvalue weighted by atomic mass is 16.4. The quantitative estimate of drug-likeness (QED) is 0.794. The van der Waals surface area contributed by atoms with Crippen LogP contribution in [-0.2, 0) is 9.59 Å². The van der Waals surface area contributed by atoms with E-state index in [1.807, 2.05) is 0 Å². The van der Waals surface area contributed by atoms with Crippen LogP contribution in [0.15, 0.2) is 0 Å². The zero-order chi connectivity index (χ0) is 15.4. The Labute approximate surface area is 124 Å². The number of hydrogen-bond donors (Lipinski definition) is 2. The number of carbonyl (C=O) groups excluding carboxylic acids is 2. The first-order valence-electron chi connectivity index (χ1n) is 7.52. The van der Waals surface area contributed by atoms with E-state index in [1.54, 1.807) is 16.8 Å². The second kappa shape index (κ2) is 6.78. The lowest BCUT2D eigenvalue weighted by Crippen LogP contribution is -2.52. The number of piperidine rings is 1. The average molecular weight is 297 g/mol. The Balaban J connectivity index is 1.98. The molecule has 21 heavy (non-hydrogen) atoms. The molecule has 2 fully saturated rings. The summed E-state index contributed by atoms with van der Waals surface area (Å²) in [7, 11) is 1.58. The summed E-state index contributed by atoms with van der Waals surface area (Å²) >= 11 is 0. The third-order valence-electron chi connectivity index (χ3n) is 4.30. The van der Waals surface area contributed by atoms with Gasteiger partial charge in [0.1, 0.15) is 6.04 Å². The van der Waals surface area contributed by atoms with Crippen LogP contribution >= 0.6 is 0 Å². The predicted octanol–water partition coefficient (Wildman–Crippen LogP) is 0.504. The zero-order valence-corrected chi connectivity index (χ0v) is 12.4. The molecule has 118 valence electrons. The molecule has 0 aromatic rings. The zero-order valence-electron chi connectivity index (χ0n) is 12.4. The topological polar surface area (TPSA) is 90.0 Å². The third kappa shape index (κ3) is 3.65. The van der Waals surface area contributed by atoms with Crippen LogP contribution in [0.25, 0.3) is 0 Å². The lowest BCUT2D eigenvalue weighted by atomic mass is 9.95. The van der Waals surface area contributed by atoms with Gasteiger partial charge in [-0.3, -0.25) is 9.59 Å². The third-order valence-corrected chi connectivity index (χ3v) is 4.30. The number of hydrogen-bond acceptors (Lipinski definition) is 3. The number of nitrogens with one attached hydrogen (secondary N) is 1. The fourth-order valence-corrected chi connectivity index (χ4v) is 3.27. The average Bonchev–Trinajstić information content (AvgIpc) is 2.94. The fraction of sp³-hybridized carbons (Fsp3) is 0.786. The van der Waals surface area contributed by atoms with Gasteiger partial charge in [-0.05, 0) is 31.6 Å². The monoisotopic (exact) mass is 297 g/mol. The Bertz CT molecular complexity index is 426. The van der Waals surface area contributed by atoms with Crippen molar-refractivity contribution in [2.75, 3.05) is 26.7 Å². The molecule has 2 aliphatic heterocycles. The maximum Gasteiger partial charge on any atom is 0.320 e. The van der Waals surface area contributed by atoms with Crippen LogP contribution in [0.1, 0.15) is 32.1 Å². The van der Waals surface area contributed by atoms with E-state index in [-0.39, 0.29) is 30.3 Å². The predicted molar refractivity (Wildman–Crippen MR) is 75.7 cm³/mol. The van der Waals surface area contributed by atoms with Crippen LogP contribution in [0, 0.1) is 5.92 Å². The molecule has 2 unspecified atom stereocenters. The molecule has 2 atom stereocenters. The molecular weight excluding hydrogens is 274 g/mol. The van der Waals surface area contributed by atoms with E-state index in [9.17, 15) is 14.4 Å². The second-order valence-electron chi connectivity index (χ2n) is 5.80. The molecular formula is C14H23N3O4. The Morgan fingerprint density at radius 2 is 1.90 bits per heavy atom. The summed E-state index contributed by atoms with van der Waals surface area (Å²) in [5, 5.41) is 11.5. The van der Waals surface area contributed by atoms with Crippen molar-refractivity contribution in [1.82, 2.24) is 15.1 Å². The normalized spacial score (nSPS) is 25.8. The molecule has 7 nitrogen and oxygen atoms in total. The minimum atomic E-state index is -0.821. The van der Waals surface area contributed by atoms with Crippen LogP contribution in [0.4, 0.5) is 4.79 Å². The van der Waals surface area contributed by atoms with Crippen LogP contribution in [-0.4, -0.2) is 65.5 Å². The Kier molecular flexibility index (Phi) is 5.03. The molecule has 0 radical (unpaired) electrons. The number of urea groups is 1. The van der Waals surface area contributed by atoms with Crippen molar-refractivity contribution in [3.63, 3.8) is 0 Å². The molecule has 2 heterocycles. The lowest BCUT2D eigenvalue weighted by Gasteiger charge is -2.36. The Morgan fingerprint density at radius 1 is 1.19 bits per heavy atom. The van der Waals surface area contributed by atoms with E-state index >= 15 is 0 Å². The first-order chi connectivity index (χ1) is 10.0. The summed E-state index contributed by atoms with van der Waals surface area (Å²) in [6, 6.07) is -0.515. The number of aliphatic carboxylic acids is 1. The fourth-order valence-electron chi connectivity index (χ4n) is 3.27. The van der Waals surface area contributed by atoms with Crippen molar-refractivity contribution in [3.8, 4) is 0 Å². The molecule has 2 rings (SSSR count). The van der Waals surface area contributed by atoms with E-state index in [0.717, 1.165) is 19.3 Å². The summed E-state index contributed by atoms with van der Waals surface area (Å²) in [5.41, 5.74) is 0. The molecule has 3 amide bonds. The number of likely N-dealkylation sites (N-methyl/N-ethyl adjacent to an activating group) is 1. The molecule has 0 aromatic heterocycles. The van der Waals surface area contributed by atoms with Crippen LogP contribution < -0.4 is 5.32 Å². The molecule has 2 N–H and O–H groups in total. The number of likely N-dealkylation sites (tertiary alicyclic amines) is 2. The molecule has 7 heteroatoms. The van der Waals surface area contributed by atoms with Gasteiger partial charge in [-0.2, -0.15) is 0 Å². The SMILES string of the molecule is CNC(=O)C1CCCN1C(=O)N1CCCC(CC(=O)O)C1. The maximum absolute atomic E-state index is 12.6. The maximum atomic E-state index is 12.6. The van der Waals surface area contributed by atoms with Gasteiger partial charge in [-0.25, -0.2) is 4.79 Å². The molecule has 2 saturated heterocycles. The van der Waals surface area contributed by atoms with Gasteiger partial charge in [-0.1, -0.05) is 0 Å². The van der Waals surface area contributed by atoms with E-state index in [0.29, 0.717) is 26.1 Å². The highest BCUT2D eigenvalue weighted by Gasteiger charge is 2.37. The van der Waals surface area contributed by atoms with Gasteiger partial charge in [0.25, 0.3) is 0 Å². The first-order valence-corrected chi connectivity index (χ1v) is 7.52. The highest BCUT2D eigenvalue weighted by Crippen LogP contribution is 2.24.